The smallest absolute Gasteiger partial charge is 0.433 e. The fourth-order valence-corrected chi connectivity index (χ4v) is 3.00. The summed E-state index contributed by atoms with van der Waals surface area (Å²) < 4.78 is 47.5. The molecule has 0 saturated carbocycles. The summed E-state index contributed by atoms with van der Waals surface area (Å²) in [4.78, 5) is 24.9. The molecule has 4 aromatic rings. The molecule has 27 heavy (non-hydrogen) atoms. The Hall–Kier alpha value is -3.43. The number of ether oxygens (including phenoxy) is 1. The third-order valence-electron chi connectivity index (χ3n) is 4.16. The number of rotatable bonds is 2. The van der Waals surface area contributed by atoms with E-state index in [0.717, 1.165) is 10.6 Å². The van der Waals surface area contributed by atoms with Crippen molar-refractivity contribution >= 4 is 22.1 Å². The fraction of sp³-hybridized carbons (Fsp3) is 0.176. The summed E-state index contributed by atoms with van der Waals surface area (Å²) in [7, 11) is 3.01. The van der Waals surface area contributed by atoms with Gasteiger partial charge in [-0.2, -0.15) is 13.2 Å². The van der Waals surface area contributed by atoms with E-state index in [2.05, 4.69) is 15.0 Å². The highest BCUT2D eigenvalue weighted by atomic mass is 19.4. The molecule has 0 aromatic carbocycles. The highest BCUT2D eigenvalue weighted by Crippen LogP contribution is 2.31. The lowest BCUT2D eigenvalue weighted by Gasteiger charge is -2.14. The van der Waals surface area contributed by atoms with Gasteiger partial charge in [0.25, 0.3) is 5.56 Å². The lowest BCUT2D eigenvalue weighted by molar-refractivity contribution is -0.141. The Morgan fingerprint density at radius 3 is 2.63 bits per heavy atom. The summed E-state index contributed by atoms with van der Waals surface area (Å²) in [5.41, 5.74) is -1.19. The summed E-state index contributed by atoms with van der Waals surface area (Å²) in [5, 5.41) is 0.350. The minimum Gasteiger partial charge on any atom is -0.479 e. The van der Waals surface area contributed by atoms with E-state index >= 15 is 0 Å². The molecule has 7 nitrogen and oxygen atoms in total. The molecule has 0 spiro atoms. The van der Waals surface area contributed by atoms with Crippen molar-refractivity contribution in [1.82, 2.24) is 24.1 Å². The van der Waals surface area contributed by atoms with Crippen LogP contribution in [0.25, 0.3) is 27.8 Å². The summed E-state index contributed by atoms with van der Waals surface area (Å²) in [6, 6.07) is 5.23. The number of aromatic nitrogens is 5. The first-order valence-electron chi connectivity index (χ1n) is 7.76. The Balaban J connectivity index is 2.24. The molecule has 0 saturated heterocycles. The van der Waals surface area contributed by atoms with Crippen LogP contribution in [-0.2, 0) is 13.2 Å². The van der Waals surface area contributed by atoms with Gasteiger partial charge >= 0.3 is 6.18 Å². The molecule has 0 aliphatic heterocycles. The van der Waals surface area contributed by atoms with Crippen molar-refractivity contribution in [2.24, 2.45) is 7.05 Å². The number of hydrogen-bond acceptors (Lipinski definition) is 5. The van der Waals surface area contributed by atoms with E-state index in [-0.39, 0.29) is 22.7 Å². The largest absolute Gasteiger partial charge is 0.479 e. The monoisotopic (exact) mass is 375 g/mol. The van der Waals surface area contributed by atoms with Gasteiger partial charge in [-0.1, -0.05) is 0 Å². The molecule has 138 valence electrons. The van der Waals surface area contributed by atoms with Crippen LogP contribution < -0.4 is 10.3 Å². The van der Waals surface area contributed by atoms with E-state index in [1.807, 2.05) is 0 Å². The number of fused-ring (bicyclic) bond motifs is 3. The summed E-state index contributed by atoms with van der Waals surface area (Å²) in [5.74, 6) is 0.0791. The van der Waals surface area contributed by atoms with Crippen LogP contribution in [-0.4, -0.2) is 31.2 Å². The maximum Gasteiger partial charge on any atom is 0.433 e. The van der Waals surface area contributed by atoms with E-state index in [0.29, 0.717) is 10.9 Å². The van der Waals surface area contributed by atoms with Crippen LogP contribution in [0.4, 0.5) is 13.2 Å². The van der Waals surface area contributed by atoms with Crippen molar-refractivity contribution in [2.45, 2.75) is 6.18 Å². The topological polar surface area (TPSA) is 74.8 Å². The van der Waals surface area contributed by atoms with Gasteiger partial charge in [0.05, 0.1) is 19.0 Å². The Morgan fingerprint density at radius 1 is 1.15 bits per heavy atom. The lowest BCUT2D eigenvalue weighted by atomic mass is 10.2. The third kappa shape index (κ3) is 2.52. The quantitative estimate of drug-likeness (QED) is 0.539. The molecule has 0 amide bonds. The van der Waals surface area contributed by atoms with E-state index in [4.69, 9.17) is 4.74 Å². The molecule has 0 bridgehead atoms. The Labute approximate surface area is 149 Å². The second kappa shape index (κ2) is 5.79. The maximum absolute atomic E-state index is 13.2. The van der Waals surface area contributed by atoms with Gasteiger partial charge in [-0.3, -0.25) is 9.36 Å². The molecular formula is C17H12F3N5O2. The van der Waals surface area contributed by atoms with Crippen molar-refractivity contribution < 1.29 is 17.9 Å². The van der Waals surface area contributed by atoms with Crippen molar-refractivity contribution in [3.8, 4) is 11.6 Å². The number of nitrogens with zero attached hydrogens (tertiary/aromatic N) is 5. The van der Waals surface area contributed by atoms with Gasteiger partial charge in [0.15, 0.2) is 5.52 Å². The van der Waals surface area contributed by atoms with Gasteiger partial charge < -0.3 is 9.30 Å². The van der Waals surface area contributed by atoms with Crippen LogP contribution in [0.1, 0.15) is 5.69 Å². The molecule has 0 radical (unpaired) electrons. The van der Waals surface area contributed by atoms with Gasteiger partial charge in [0, 0.05) is 18.6 Å². The minimum absolute atomic E-state index is 0.0791. The Morgan fingerprint density at radius 2 is 1.93 bits per heavy atom. The first-order valence-corrected chi connectivity index (χ1v) is 7.76. The second-order valence-corrected chi connectivity index (χ2v) is 5.79. The van der Waals surface area contributed by atoms with Gasteiger partial charge in [-0.25, -0.2) is 15.0 Å². The van der Waals surface area contributed by atoms with Gasteiger partial charge in [0.1, 0.15) is 17.0 Å². The number of imidazole rings is 1. The van der Waals surface area contributed by atoms with Gasteiger partial charge in [0.2, 0.25) is 5.88 Å². The molecule has 10 heteroatoms. The molecule has 0 aliphatic rings. The molecule has 0 atom stereocenters. The minimum atomic E-state index is -4.66. The SMILES string of the molecule is COc1ncccc1-n1c(=O)c2ncn(C)c2c2ccc(C(F)(F)F)nc21. The molecule has 4 rings (SSSR count). The molecule has 0 aliphatic carbocycles. The van der Waals surface area contributed by atoms with Gasteiger partial charge in [-0.05, 0) is 24.3 Å². The van der Waals surface area contributed by atoms with E-state index in [9.17, 15) is 18.0 Å². The summed E-state index contributed by atoms with van der Waals surface area (Å²) in [6.45, 7) is 0. The van der Waals surface area contributed by atoms with Crippen molar-refractivity contribution in [3.63, 3.8) is 0 Å². The van der Waals surface area contributed by atoms with Gasteiger partial charge in [-0.15, -0.1) is 0 Å². The standard InChI is InChI=1S/C17H12F3N5O2/c1-24-8-22-12-13(24)9-5-6-11(17(18,19)20)23-14(9)25(16(12)26)10-4-3-7-21-15(10)27-2/h3-8H,1-2H3. The average molecular weight is 375 g/mol. The Bertz CT molecular complexity index is 1240. The fourth-order valence-electron chi connectivity index (χ4n) is 3.00. The number of pyridine rings is 3. The van der Waals surface area contributed by atoms with Crippen LogP contribution in [0.3, 0.4) is 0 Å². The number of methoxy groups -OCH3 is 1. The number of halogens is 3. The molecule has 0 fully saturated rings. The van der Waals surface area contributed by atoms with Crippen LogP contribution in [0.2, 0.25) is 0 Å². The lowest BCUT2D eigenvalue weighted by Crippen LogP contribution is -2.22. The van der Waals surface area contributed by atoms with Crippen LogP contribution >= 0.6 is 0 Å². The normalized spacial score (nSPS) is 12.0. The summed E-state index contributed by atoms with van der Waals surface area (Å²) >= 11 is 0. The zero-order chi connectivity index (χ0) is 19.3. The Kier molecular flexibility index (Phi) is 3.65. The second-order valence-electron chi connectivity index (χ2n) is 5.79. The van der Waals surface area contributed by atoms with Crippen molar-refractivity contribution in [3.05, 3.63) is 52.8 Å². The zero-order valence-corrected chi connectivity index (χ0v) is 14.2. The predicted octanol–water partition coefficient (Wildman–Crippen LogP) is 2.69. The molecule has 0 N–H and O–H groups in total. The van der Waals surface area contributed by atoms with Crippen LogP contribution in [0.15, 0.2) is 41.6 Å². The average Bonchev–Trinajstić information content (AvgIpc) is 3.03. The van der Waals surface area contributed by atoms with Crippen LogP contribution in [0.5, 0.6) is 5.88 Å². The zero-order valence-electron chi connectivity index (χ0n) is 14.2. The highest BCUT2D eigenvalue weighted by molar-refractivity contribution is 6.01. The van der Waals surface area contributed by atoms with Crippen molar-refractivity contribution in [1.29, 1.82) is 0 Å². The number of aryl methyl sites for hydroxylation is 1. The molecular weight excluding hydrogens is 363 g/mol. The van der Waals surface area contributed by atoms with E-state index in [1.165, 1.54) is 31.8 Å². The first-order chi connectivity index (χ1) is 12.8. The molecule has 0 unspecified atom stereocenters. The van der Waals surface area contributed by atoms with Crippen molar-refractivity contribution in [2.75, 3.05) is 7.11 Å². The maximum atomic E-state index is 13.2. The van der Waals surface area contributed by atoms with Crippen LogP contribution in [0, 0.1) is 0 Å². The van der Waals surface area contributed by atoms with E-state index < -0.39 is 17.4 Å². The predicted molar refractivity (Wildman–Crippen MR) is 91.0 cm³/mol. The summed E-state index contributed by atoms with van der Waals surface area (Å²) in [6.07, 6.45) is -1.78. The highest BCUT2D eigenvalue weighted by Gasteiger charge is 2.33. The number of alkyl halides is 3. The van der Waals surface area contributed by atoms with E-state index in [1.54, 1.807) is 17.7 Å². The first kappa shape index (κ1) is 17.0. The third-order valence-corrected chi connectivity index (χ3v) is 4.16. The molecule has 4 aromatic heterocycles. The molecule has 4 heterocycles. The number of hydrogen-bond donors (Lipinski definition) is 0.